The summed E-state index contributed by atoms with van der Waals surface area (Å²) in [6.07, 6.45) is 6.14. The van der Waals surface area contributed by atoms with Gasteiger partial charge < -0.3 is 5.40 Å². The van der Waals surface area contributed by atoms with Gasteiger partial charge >= 0.3 is 0 Å². The van der Waals surface area contributed by atoms with Crippen molar-refractivity contribution >= 4 is 14.3 Å². The molecule has 0 saturated heterocycles. The quantitative estimate of drug-likeness (QED) is 0.486. The van der Waals surface area contributed by atoms with Crippen LogP contribution in [0, 0.1) is 0 Å². The molecule has 0 fully saturated rings. The zero-order chi connectivity index (χ0) is 22.9. The average Bonchev–Trinajstić information content (AvgIpc) is 3.19. The molecule has 0 saturated carbocycles. The van der Waals surface area contributed by atoms with Crippen LogP contribution >= 0.6 is 0 Å². The standard InChI is InChI=1S/C29H41NSi/c1-18-13-24-25(27(18)31(8,9)30)16-19-11-10-12-23(19)26(24)20-14-21(28(2,3)4)17-22(15-20)29(5,6)7/h13-17,27H,10-12,30H2,1-9H3. The van der Waals surface area contributed by atoms with E-state index in [0.29, 0.717) is 5.54 Å². The lowest BCUT2D eigenvalue weighted by Crippen LogP contribution is -2.45. The van der Waals surface area contributed by atoms with Crippen LogP contribution in [0.1, 0.15) is 93.8 Å². The van der Waals surface area contributed by atoms with E-state index in [1.165, 1.54) is 58.2 Å². The van der Waals surface area contributed by atoms with Gasteiger partial charge in [-0.25, -0.2) is 0 Å². The van der Waals surface area contributed by atoms with Crippen molar-refractivity contribution in [3.05, 3.63) is 63.2 Å². The van der Waals surface area contributed by atoms with Gasteiger partial charge in [-0.1, -0.05) is 90.6 Å². The molecule has 2 aromatic rings. The highest BCUT2D eigenvalue weighted by atomic mass is 28.3. The van der Waals surface area contributed by atoms with E-state index in [9.17, 15) is 0 Å². The zero-order valence-electron chi connectivity index (χ0n) is 21.2. The summed E-state index contributed by atoms with van der Waals surface area (Å²) < 4.78 is 0. The summed E-state index contributed by atoms with van der Waals surface area (Å²) in [4.78, 5) is 0. The van der Waals surface area contributed by atoms with Crippen LogP contribution in [0.4, 0.5) is 0 Å². The normalized spacial score (nSPS) is 18.8. The Balaban J connectivity index is 2.05. The average molecular weight is 432 g/mol. The second kappa shape index (κ2) is 7.18. The van der Waals surface area contributed by atoms with Crippen LogP contribution < -0.4 is 5.40 Å². The fraction of sp³-hybridized carbons (Fsp3) is 0.517. The molecule has 0 bridgehead atoms. The summed E-state index contributed by atoms with van der Waals surface area (Å²) in [6, 6.07) is 9.92. The van der Waals surface area contributed by atoms with Gasteiger partial charge in [0.15, 0.2) is 0 Å². The van der Waals surface area contributed by atoms with Gasteiger partial charge in [-0.3, -0.25) is 0 Å². The minimum Gasteiger partial charge on any atom is -0.350 e. The van der Waals surface area contributed by atoms with E-state index in [0.717, 1.165) is 0 Å². The van der Waals surface area contributed by atoms with Gasteiger partial charge in [-0.2, -0.15) is 0 Å². The maximum absolute atomic E-state index is 6.84. The van der Waals surface area contributed by atoms with Crippen molar-refractivity contribution in [3.8, 4) is 11.1 Å². The largest absolute Gasteiger partial charge is 0.350 e. The van der Waals surface area contributed by atoms with Crippen LogP contribution in [-0.4, -0.2) is 8.24 Å². The van der Waals surface area contributed by atoms with Crippen molar-refractivity contribution in [2.24, 2.45) is 5.40 Å². The first-order valence-corrected chi connectivity index (χ1v) is 15.2. The Morgan fingerprint density at radius 2 is 1.45 bits per heavy atom. The smallest absolute Gasteiger partial charge is 0.128 e. The van der Waals surface area contributed by atoms with E-state index in [1.54, 1.807) is 11.1 Å². The van der Waals surface area contributed by atoms with Gasteiger partial charge in [0, 0.05) is 5.54 Å². The summed E-state index contributed by atoms with van der Waals surface area (Å²) in [5.74, 6) is 0. The number of hydrogen-bond acceptors (Lipinski definition) is 1. The molecule has 2 aliphatic rings. The Bertz CT molecular complexity index is 1040. The third kappa shape index (κ3) is 3.98. The molecule has 1 nitrogen and oxygen atoms in total. The first-order valence-electron chi connectivity index (χ1n) is 12.0. The maximum atomic E-state index is 6.84. The van der Waals surface area contributed by atoms with Crippen LogP contribution in [-0.2, 0) is 23.7 Å². The monoisotopic (exact) mass is 431 g/mol. The van der Waals surface area contributed by atoms with Gasteiger partial charge in [0.2, 0.25) is 0 Å². The third-order valence-electron chi connectivity index (χ3n) is 7.31. The lowest BCUT2D eigenvalue weighted by atomic mass is 9.77. The SMILES string of the molecule is CC1=Cc2c(cc3c(c2-c2cc(C(C)(C)C)cc(C(C)(C)C)c2)CCC3)C1[Si](C)(C)N. The predicted octanol–water partition coefficient (Wildman–Crippen LogP) is 7.64. The van der Waals surface area contributed by atoms with E-state index < -0.39 is 8.24 Å². The Morgan fingerprint density at radius 1 is 0.871 bits per heavy atom. The molecule has 4 rings (SSSR count). The maximum Gasteiger partial charge on any atom is 0.128 e. The second-order valence-corrected chi connectivity index (χ2v) is 16.9. The molecule has 0 aliphatic heterocycles. The van der Waals surface area contributed by atoms with Crippen molar-refractivity contribution < 1.29 is 0 Å². The Kier molecular flexibility index (Phi) is 5.22. The molecule has 0 aromatic heterocycles. The van der Waals surface area contributed by atoms with Crippen LogP contribution in [0.5, 0.6) is 0 Å². The van der Waals surface area contributed by atoms with Crippen LogP contribution in [0.2, 0.25) is 13.1 Å². The fourth-order valence-corrected chi connectivity index (χ4v) is 7.99. The summed E-state index contributed by atoms with van der Waals surface area (Å²) >= 11 is 0. The third-order valence-corrected chi connectivity index (χ3v) is 9.56. The highest BCUT2D eigenvalue weighted by Crippen LogP contribution is 2.49. The molecule has 2 heteroatoms. The van der Waals surface area contributed by atoms with Crippen molar-refractivity contribution in [1.29, 1.82) is 0 Å². The zero-order valence-corrected chi connectivity index (χ0v) is 22.2. The highest BCUT2D eigenvalue weighted by molar-refractivity contribution is 6.76. The molecule has 1 atom stereocenters. The van der Waals surface area contributed by atoms with Crippen LogP contribution in [0.25, 0.3) is 17.2 Å². The number of rotatable bonds is 2. The summed E-state index contributed by atoms with van der Waals surface area (Å²) in [5, 5.41) is 6.84. The Hall–Kier alpha value is -1.64. The van der Waals surface area contributed by atoms with Gasteiger partial charge in [0.1, 0.15) is 8.24 Å². The molecule has 2 aliphatic carbocycles. The second-order valence-electron chi connectivity index (χ2n) is 12.7. The van der Waals surface area contributed by atoms with E-state index in [-0.39, 0.29) is 10.8 Å². The first kappa shape index (κ1) is 22.5. The Morgan fingerprint density at radius 3 is 1.97 bits per heavy atom. The van der Waals surface area contributed by atoms with Gasteiger partial charge in [0.05, 0.1) is 0 Å². The first-order chi connectivity index (χ1) is 14.2. The van der Waals surface area contributed by atoms with Crippen molar-refractivity contribution in [1.82, 2.24) is 0 Å². The minimum atomic E-state index is -1.84. The van der Waals surface area contributed by atoms with Crippen molar-refractivity contribution in [3.63, 3.8) is 0 Å². The van der Waals surface area contributed by atoms with Crippen LogP contribution in [0.3, 0.4) is 0 Å². The molecule has 0 radical (unpaired) electrons. The van der Waals surface area contributed by atoms with Gasteiger partial charge in [0.25, 0.3) is 0 Å². The highest BCUT2D eigenvalue weighted by Gasteiger charge is 2.38. The lowest BCUT2D eigenvalue weighted by molar-refractivity contribution is 0.569. The summed E-state index contributed by atoms with van der Waals surface area (Å²) in [5.41, 5.74) is 14.0. The predicted molar refractivity (Wildman–Crippen MR) is 139 cm³/mol. The van der Waals surface area contributed by atoms with Gasteiger partial charge in [-0.15, -0.1) is 0 Å². The van der Waals surface area contributed by atoms with E-state index in [4.69, 9.17) is 5.40 Å². The van der Waals surface area contributed by atoms with Crippen molar-refractivity contribution in [2.75, 3.05) is 0 Å². The number of hydrogen-bond donors (Lipinski definition) is 1. The van der Waals surface area contributed by atoms with E-state index in [1.807, 2.05) is 0 Å². The van der Waals surface area contributed by atoms with Gasteiger partial charge in [-0.05, 0) is 81.5 Å². The Labute approximate surface area is 191 Å². The molecule has 0 spiro atoms. The van der Waals surface area contributed by atoms with Crippen molar-refractivity contribution in [2.45, 2.75) is 97.2 Å². The number of fused-ring (bicyclic) bond motifs is 2. The molecule has 2 aromatic carbocycles. The molecule has 0 heterocycles. The van der Waals surface area contributed by atoms with E-state index in [2.05, 4.69) is 91.9 Å². The molecule has 1 unspecified atom stereocenters. The molecule has 0 amide bonds. The molecular weight excluding hydrogens is 390 g/mol. The van der Waals surface area contributed by atoms with Crippen LogP contribution in [0.15, 0.2) is 29.8 Å². The molecule has 2 N–H and O–H groups in total. The topological polar surface area (TPSA) is 26.0 Å². The summed E-state index contributed by atoms with van der Waals surface area (Å²) in [6.45, 7) is 20.9. The minimum absolute atomic E-state index is 0.123. The number of allylic oxidation sites excluding steroid dienone is 1. The van der Waals surface area contributed by atoms with E-state index >= 15 is 0 Å². The number of nitrogens with two attached hydrogens (primary N) is 1. The number of aryl methyl sites for hydroxylation is 1. The summed E-state index contributed by atoms with van der Waals surface area (Å²) in [7, 11) is -1.84. The number of benzene rings is 2. The molecule has 166 valence electrons. The fourth-order valence-electron chi connectivity index (χ4n) is 5.69. The lowest BCUT2D eigenvalue weighted by Gasteiger charge is -2.29. The molecule has 31 heavy (non-hydrogen) atoms. The molecular formula is C29H41NSi.